The molecule has 3 aromatic rings. The molecule has 2 heterocycles. The highest BCUT2D eigenvalue weighted by Gasteiger charge is 2.19. The molecule has 0 saturated heterocycles. The van der Waals surface area contributed by atoms with E-state index in [1.165, 1.54) is 6.92 Å². The molecular weight excluding hydrogens is 376 g/mol. The maximum atomic E-state index is 12.2. The van der Waals surface area contributed by atoms with Gasteiger partial charge in [-0.25, -0.2) is 4.98 Å². The van der Waals surface area contributed by atoms with Gasteiger partial charge in [0.25, 0.3) is 5.91 Å². The van der Waals surface area contributed by atoms with Gasteiger partial charge in [0, 0.05) is 13.0 Å². The number of ether oxygens (including phenoxy) is 3. The summed E-state index contributed by atoms with van der Waals surface area (Å²) in [6.45, 7) is 2.02. The second kappa shape index (κ2) is 8.22. The maximum absolute atomic E-state index is 12.2. The van der Waals surface area contributed by atoms with Crippen LogP contribution in [0.2, 0.25) is 0 Å². The molecule has 0 saturated carbocycles. The first-order valence-corrected chi connectivity index (χ1v) is 9.28. The van der Waals surface area contributed by atoms with E-state index in [0.717, 1.165) is 11.1 Å². The van der Waals surface area contributed by atoms with Gasteiger partial charge in [-0.2, -0.15) is 0 Å². The van der Waals surface area contributed by atoms with Crippen molar-refractivity contribution >= 4 is 23.0 Å². The molecule has 1 N–H and O–H groups in total. The molecule has 0 spiro atoms. The lowest BCUT2D eigenvalue weighted by Gasteiger charge is -2.13. The van der Waals surface area contributed by atoms with Crippen molar-refractivity contribution in [3.63, 3.8) is 0 Å². The number of carbonyl (C=O) groups is 2. The monoisotopic (exact) mass is 396 g/mol. The molecule has 1 amide bonds. The number of fused-ring (bicyclic) bond motifs is 2. The van der Waals surface area contributed by atoms with E-state index in [2.05, 4.69) is 10.3 Å². The predicted molar refractivity (Wildman–Crippen MR) is 102 cm³/mol. The van der Waals surface area contributed by atoms with E-state index in [9.17, 15) is 9.59 Å². The largest absolute Gasteiger partial charge is 0.454 e. The van der Waals surface area contributed by atoms with Gasteiger partial charge in [-0.3, -0.25) is 9.59 Å². The Bertz CT molecular complexity index is 1010. The lowest BCUT2D eigenvalue weighted by Crippen LogP contribution is -2.35. The predicted octanol–water partition coefficient (Wildman–Crippen LogP) is 2.74. The number of hydrogen-bond donors (Lipinski definition) is 1. The van der Waals surface area contributed by atoms with Crippen LogP contribution in [0, 0.1) is 0 Å². The molecule has 4 rings (SSSR count). The lowest BCUT2D eigenvalue weighted by atomic mass is 10.2. The molecule has 8 heteroatoms. The number of nitrogens with zero attached hydrogens (tertiary/aromatic N) is 1. The number of rotatable bonds is 7. The molecule has 2 aromatic carbocycles. The minimum atomic E-state index is -0.903. The van der Waals surface area contributed by atoms with Crippen molar-refractivity contribution in [1.82, 2.24) is 10.3 Å². The molecular formula is C21H20N2O6. The summed E-state index contributed by atoms with van der Waals surface area (Å²) in [5.41, 5.74) is 2.27. The Morgan fingerprint density at radius 2 is 2.00 bits per heavy atom. The van der Waals surface area contributed by atoms with Crippen LogP contribution in [0.25, 0.3) is 11.1 Å². The molecule has 1 aliphatic rings. The SMILES string of the molecule is C[C@@H](OC(=O)CCc1nc2ccccc2o1)C(=O)NCc1ccc2c(c1)OCO2. The van der Waals surface area contributed by atoms with Crippen LogP contribution in [0.1, 0.15) is 24.8 Å². The van der Waals surface area contributed by atoms with Crippen LogP contribution < -0.4 is 14.8 Å². The van der Waals surface area contributed by atoms with Crippen molar-refractivity contribution < 1.29 is 28.2 Å². The summed E-state index contributed by atoms with van der Waals surface area (Å²) in [5, 5.41) is 2.74. The summed E-state index contributed by atoms with van der Waals surface area (Å²) in [5.74, 6) is 0.927. The number of oxazole rings is 1. The van der Waals surface area contributed by atoms with Crippen molar-refractivity contribution in [1.29, 1.82) is 0 Å². The number of nitrogens with one attached hydrogen (secondary N) is 1. The van der Waals surface area contributed by atoms with E-state index in [0.29, 0.717) is 35.9 Å². The van der Waals surface area contributed by atoms with Crippen molar-refractivity contribution in [3.05, 3.63) is 53.9 Å². The highest BCUT2D eigenvalue weighted by atomic mass is 16.7. The van der Waals surface area contributed by atoms with E-state index in [-0.39, 0.29) is 19.1 Å². The van der Waals surface area contributed by atoms with Crippen LogP contribution in [0.15, 0.2) is 46.9 Å². The Balaban J connectivity index is 1.23. The van der Waals surface area contributed by atoms with Gasteiger partial charge in [0.15, 0.2) is 29.1 Å². The van der Waals surface area contributed by atoms with Crippen LogP contribution in [-0.4, -0.2) is 29.8 Å². The third kappa shape index (κ3) is 4.48. The molecule has 150 valence electrons. The number of para-hydroxylation sites is 2. The Kier molecular flexibility index (Phi) is 5.33. The van der Waals surface area contributed by atoms with Gasteiger partial charge in [0.2, 0.25) is 6.79 Å². The van der Waals surface area contributed by atoms with Gasteiger partial charge >= 0.3 is 5.97 Å². The van der Waals surface area contributed by atoms with Crippen LogP contribution in [-0.2, 0) is 27.3 Å². The average molecular weight is 396 g/mol. The third-order valence-electron chi connectivity index (χ3n) is 4.46. The zero-order valence-corrected chi connectivity index (χ0v) is 15.8. The second-order valence-corrected chi connectivity index (χ2v) is 6.61. The van der Waals surface area contributed by atoms with Gasteiger partial charge in [-0.1, -0.05) is 18.2 Å². The Morgan fingerprint density at radius 1 is 1.17 bits per heavy atom. The fourth-order valence-electron chi connectivity index (χ4n) is 2.93. The highest BCUT2D eigenvalue weighted by Crippen LogP contribution is 2.32. The van der Waals surface area contributed by atoms with Crippen LogP contribution in [0.5, 0.6) is 11.5 Å². The van der Waals surface area contributed by atoms with Crippen molar-refractivity contribution in [2.45, 2.75) is 32.4 Å². The molecule has 1 aromatic heterocycles. The van der Waals surface area contributed by atoms with Gasteiger partial charge < -0.3 is 23.9 Å². The quantitative estimate of drug-likeness (QED) is 0.613. The Hall–Kier alpha value is -3.55. The van der Waals surface area contributed by atoms with E-state index in [4.69, 9.17) is 18.6 Å². The zero-order chi connectivity index (χ0) is 20.2. The van der Waals surface area contributed by atoms with Crippen molar-refractivity contribution in [3.8, 4) is 11.5 Å². The molecule has 1 atom stereocenters. The second-order valence-electron chi connectivity index (χ2n) is 6.61. The summed E-state index contributed by atoms with van der Waals surface area (Å²) < 4.78 is 21.3. The fraction of sp³-hybridized carbons (Fsp3) is 0.286. The number of esters is 1. The number of aryl methyl sites for hydroxylation is 1. The zero-order valence-electron chi connectivity index (χ0n) is 15.8. The lowest BCUT2D eigenvalue weighted by molar-refractivity contribution is -0.154. The molecule has 0 radical (unpaired) electrons. The van der Waals surface area contributed by atoms with E-state index in [1.54, 1.807) is 12.1 Å². The van der Waals surface area contributed by atoms with Crippen molar-refractivity contribution in [2.24, 2.45) is 0 Å². The van der Waals surface area contributed by atoms with E-state index in [1.807, 2.05) is 30.3 Å². The van der Waals surface area contributed by atoms with Gasteiger partial charge in [0.05, 0.1) is 6.42 Å². The Morgan fingerprint density at radius 3 is 2.86 bits per heavy atom. The smallest absolute Gasteiger partial charge is 0.307 e. The highest BCUT2D eigenvalue weighted by molar-refractivity contribution is 5.83. The molecule has 1 aliphatic heterocycles. The number of carbonyl (C=O) groups excluding carboxylic acids is 2. The number of hydrogen-bond acceptors (Lipinski definition) is 7. The summed E-state index contributed by atoms with van der Waals surface area (Å²) in [7, 11) is 0. The van der Waals surface area contributed by atoms with Crippen molar-refractivity contribution in [2.75, 3.05) is 6.79 Å². The van der Waals surface area contributed by atoms with E-state index >= 15 is 0 Å². The summed E-state index contributed by atoms with van der Waals surface area (Å²) in [4.78, 5) is 28.6. The molecule has 0 aliphatic carbocycles. The Labute approximate surface area is 166 Å². The first kappa shape index (κ1) is 18.8. The average Bonchev–Trinajstić information content (AvgIpc) is 3.36. The summed E-state index contributed by atoms with van der Waals surface area (Å²) in [6.07, 6.45) is -0.522. The summed E-state index contributed by atoms with van der Waals surface area (Å²) >= 11 is 0. The fourth-order valence-corrected chi connectivity index (χ4v) is 2.93. The standard InChI is InChI=1S/C21H20N2O6/c1-13(21(25)22-11-14-6-7-17-18(10-14)27-12-26-17)28-20(24)9-8-19-23-15-4-2-3-5-16(15)29-19/h2-7,10,13H,8-9,11-12H2,1H3,(H,22,25)/t13-/m1/s1. The molecule has 0 bridgehead atoms. The molecule has 8 nitrogen and oxygen atoms in total. The minimum Gasteiger partial charge on any atom is -0.454 e. The third-order valence-corrected chi connectivity index (χ3v) is 4.46. The molecule has 0 unspecified atom stereocenters. The number of amides is 1. The minimum absolute atomic E-state index is 0.0760. The van der Waals surface area contributed by atoms with Gasteiger partial charge in [0.1, 0.15) is 5.52 Å². The normalized spacial score (nSPS) is 13.3. The van der Waals surface area contributed by atoms with Crippen LogP contribution in [0.3, 0.4) is 0 Å². The van der Waals surface area contributed by atoms with E-state index < -0.39 is 12.1 Å². The summed E-state index contributed by atoms with van der Waals surface area (Å²) in [6, 6.07) is 12.8. The maximum Gasteiger partial charge on any atom is 0.307 e. The van der Waals surface area contributed by atoms with Crippen LogP contribution in [0.4, 0.5) is 0 Å². The number of benzene rings is 2. The van der Waals surface area contributed by atoms with Crippen LogP contribution >= 0.6 is 0 Å². The van der Waals surface area contributed by atoms with Gasteiger partial charge in [-0.05, 0) is 36.8 Å². The molecule has 29 heavy (non-hydrogen) atoms. The molecule has 0 fully saturated rings. The topological polar surface area (TPSA) is 99.9 Å². The first-order valence-electron chi connectivity index (χ1n) is 9.28. The number of aromatic nitrogens is 1. The van der Waals surface area contributed by atoms with Gasteiger partial charge in [-0.15, -0.1) is 0 Å². The first-order chi connectivity index (χ1) is 14.1.